The Hall–Kier alpha value is -2.91. The van der Waals surface area contributed by atoms with Crippen molar-refractivity contribution in [1.82, 2.24) is 4.72 Å². The van der Waals surface area contributed by atoms with E-state index in [9.17, 15) is 18.0 Å². The van der Waals surface area contributed by atoms with E-state index in [-0.39, 0.29) is 22.3 Å². The van der Waals surface area contributed by atoms with Gasteiger partial charge in [0.1, 0.15) is 10.6 Å². The van der Waals surface area contributed by atoms with Crippen molar-refractivity contribution in [1.29, 1.82) is 0 Å². The fraction of sp³-hybridized carbons (Fsp3) is 0.333. The molecule has 1 aliphatic rings. The van der Waals surface area contributed by atoms with Crippen LogP contribution >= 0.6 is 0 Å². The molecule has 0 bridgehead atoms. The van der Waals surface area contributed by atoms with E-state index in [0.717, 1.165) is 24.0 Å². The van der Waals surface area contributed by atoms with Gasteiger partial charge >= 0.3 is 5.97 Å². The van der Waals surface area contributed by atoms with Gasteiger partial charge < -0.3 is 14.8 Å². The van der Waals surface area contributed by atoms with E-state index in [4.69, 9.17) is 9.47 Å². The summed E-state index contributed by atoms with van der Waals surface area (Å²) in [4.78, 5) is 24.4. The van der Waals surface area contributed by atoms with Crippen LogP contribution in [0.5, 0.6) is 5.75 Å². The number of rotatable bonds is 8. The zero-order valence-corrected chi connectivity index (χ0v) is 17.8. The van der Waals surface area contributed by atoms with Gasteiger partial charge in [-0.05, 0) is 56.0 Å². The van der Waals surface area contributed by atoms with E-state index in [2.05, 4.69) is 10.0 Å². The summed E-state index contributed by atoms with van der Waals surface area (Å²) in [5.74, 6) is -1.18. The Morgan fingerprint density at radius 3 is 2.37 bits per heavy atom. The molecule has 0 atom stereocenters. The van der Waals surface area contributed by atoms with E-state index in [0.29, 0.717) is 5.69 Å². The summed E-state index contributed by atoms with van der Waals surface area (Å²) >= 11 is 0. The number of nitrogens with one attached hydrogen (secondary N) is 2. The second-order valence-electron chi connectivity index (χ2n) is 7.15. The number of para-hydroxylation sites is 1. The maximum Gasteiger partial charge on any atom is 0.338 e. The Labute approximate surface area is 175 Å². The molecule has 0 saturated heterocycles. The van der Waals surface area contributed by atoms with Crippen LogP contribution in [0.1, 0.15) is 34.3 Å². The van der Waals surface area contributed by atoms with Crippen LogP contribution in [-0.2, 0) is 19.6 Å². The van der Waals surface area contributed by atoms with Crippen molar-refractivity contribution in [3.63, 3.8) is 0 Å². The zero-order chi connectivity index (χ0) is 21.9. The summed E-state index contributed by atoms with van der Waals surface area (Å²) in [6.45, 7) is 3.23. The molecule has 0 unspecified atom stereocenters. The molecule has 9 heteroatoms. The number of ether oxygens (including phenoxy) is 2. The van der Waals surface area contributed by atoms with E-state index < -0.39 is 28.5 Å². The minimum absolute atomic E-state index is 0.00634. The van der Waals surface area contributed by atoms with Gasteiger partial charge in [0.15, 0.2) is 6.61 Å². The molecule has 0 spiro atoms. The number of hydrogen-bond donors (Lipinski definition) is 2. The molecule has 2 aromatic carbocycles. The van der Waals surface area contributed by atoms with Gasteiger partial charge in [-0.25, -0.2) is 17.9 Å². The van der Waals surface area contributed by atoms with Gasteiger partial charge in [-0.15, -0.1) is 0 Å². The topological polar surface area (TPSA) is 111 Å². The van der Waals surface area contributed by atoms with Gasteiger partial charge in [0.05, 0.1) is 12.7 Å². The van der Waals surface area contributed by atoms with Gasteiger partial charge in [0, 0.05) is 11.7 Å². The average Bonchev–Trinajstić information content (AvgIpc) is 3.51. The predicted octanol–water partition coefficient (Wildman–Crippen LogP) is 2.55. The molecular formula is C21H24N2O6S. The van der Waals surface area contributed by atoms with Crippen LogP contribution in [-0.4, -0.2) is 40.1 Å². The lowest BCUT2D eigenvalue weighted by Gasteiger charge is -2.13. The molecule has 0 radical (unpaired) electrons. The zero-order valence-electron chi connectivity index (χ0n) is 17.0. The molecule has 1 saturated carbocycles. The van der Waals surface area contributed by atoms with Crippen LogP contribution in [0.25, 0.3) is 0 Å². The molecule has 1 amide bonds. The summed E-state index contributed by atoms with van der Waals surface area (Å²) in [5.41, 5.74) is 2.46. The SMILES string of the molecule is COc1ccc(C(=O)OCC(=O)Nc2c(C)cccc2C)cc1S(=O)(=O)NC1CC1. The van der Waals surface area contributed by atoms with Crippen molar-refractivity contribution in [2.24, 2.45) is 0 Å². The van der Waals surface area contributed by atoms with Gasteiger partial charge in [-0.1, -0.05) is 18.2 Å². The number of aryl methyl sites for hydroxylation is 2. The minimum Gasteiger partial charge on any atom is -0.495 e. The number of sulfonamides is 1. The Bertz CT molecular complexity index is 1060. The monoisotopic (exact) mass is 432 g/mol. The highest BCUT2D eigenvalue weighted by Gasteiger charge is 2.30. The number of carbonyl (C=O) groups excluding carboxylic acids is 2. The molecule has 1 aliphatic carbocycles. The molecular weight excluding hydrogens is 408 g/mol. The third-order valence-electron chi connectivity index (χ3n) is 4.67. The summed E-state index contributed by atoms with van der Waals surface area (Å²) in [7, 11) is -2.49. The number of methoxy groups -OCH3 is 1. The predicted molar refractivity (Wildman–Crippen MR) is 111 cm³/mol. The molecule has 0 heterocycles. The molecule has 2 N–H and O–H groups in total. The molecule has 2 aromatic rings. The quantitative estimate of drug-likeness (QED) is 0.620. The minimum atomic E-state index is -3.84. The lowest BCUT2D eigenvalue weighted by molar-refractivity contribution is -0.119. The van der Waals surface area contributed by atoms with Crippen molar-refractivity contribution in [3.05, 3.63) is 53.1 Å². The Morgan fingerprint density at radius 1 is 1.10 bits per heavy atom. The number of hydrogen-bond acceptors (Lipinski definition) is 6. The molecule has 0 aromatic heterocycles. The first-order valence-electron chi connectivity index (χ1n) is 9.45. The normalized spacial score (nSPS) is 13.6. The maximum atomic E-state index is 12.6. The van der Waals surface area contributed by atoms with Crippen molar-refractivity contribution in [2.75, 3.05) is 19.0 Å². The molecule has 8 nitrogen and oxygen atoms in total. The van der Waals surface area contributed by atoms with Gasteiger partial charge in [0.25, 0.3) is 5.91 Å². The molecule has 160 valence electrons. The fourth-order valence-electron chi connectivity index (χ4n) is 2.90. The van der Waals surface area contributed by atoms with E-state index >= 15 is 0 Å². The summed E-state index contributed by atoms with van der Waals surface area (Å²) in [6, 6.07) is 9.48. The first kappa shape index (κ1) is 21.8. The Kier molecular flexibility index (Phi) is 6.42. The number of benzene rings is 2. The Morgan fingerprint density at radius 2 is 1.77 bits per heavy atom. The number of esters is 1. The van der Waals surface area contributed by atoms with Crippen LogP contribution in [0.15, 0.2) is 41.3 Å². The van der Waals surface area contributed by atoms with Gasteiger partial charge in [0.2, 0.25) is 10.0 Å². The van der Waals surface area contributed by atoms with E-state index in [1.807, 2.05) is 32.0 Å². The second-order valence-corrected chi connectivity index (χ2v) is 8.83. The first-order valence-corrected chi connectivity index (χ1v) is 10.9. The van der Waals surface area contributed by atoms with Crippen molar-refractivity contribution < 1.29 is 27.5 Å². The third kappa shape index (κ3) is 5.17. The molecule has 0 aliphatic heterocycles. The lowest BCUT2D eigenvalue weighted by Crippen LogP contribution is -2.26. The smallest absolute Gasteiger partial charge is 0.338 e. The number of carbonyl (C=O) groups is 2. The van der Waals surface area contributed by atoms with Gasteiger partial charge in [-0.3, -0.25) is 4.79 Å². The highest BCUT2D eigenvalue weighted by atomic mass is 32.2. The number of amides is 1. The van der Waals surface area contributed by atoms with Crippen LogP contribution < -0.4 is 14.8 Å². The van der Waals surface area contributed by atoms with Crippen LogP contribution in [0.3, 0.4) is 0 Å². The molecule has 1 fully saturated rings. The van der Waals surface area contributed by atoms with Crippen molar-refractivity contribution >= 4 is 27.6 Å². The van der Waals surface area contributed by atoms with Crippen molar-refractivity contribution in [3.8, 4) is 5.75 Å². The highest BCUT2D eigenvalue weighted by molar-refractivity contribution is 7.89. The Balaban J connectivity index is 1.69. The summed E-state index contributed by atoms with van der Waals surface area (Å²) in [5, 5.41) is 2.73. The lowest BCUT2D eigenvalue weighted by atomic mass is 10.1. The largest absolute Gasteiger partial charge is 0.495 e. The third-order valence-corrected chi connectivity index (χ3v) is 6.21. The first-order chi connectivity index (χ1) is 14.2. The van der Waals surface area contributed by atoms with Crippen LogP contribution in [0, 0.1) is 13.8 Å². The van der Waals surface area contributed by atoms with Crippen LogP contribution in [0.4, 0.5) is 5.69 Å². The fourth-order valence-corrected chi connectivity index (χ4v) is 4.40. The highest BCUT2D eigenvalue weighted by Crippen LogP contribution is 2.28. The average molecular weight is 432 g/mol. The summed E-state index contributed by atoms with van der Waals surface area (Å²) in [6.07, 6.45) is 1.55. The van der Waals surface area contributed by atoms with Crippen LogP contribution in [0.2, 0.25) is 0 Å². The van der Waals surface area contributed by atoms with E-state index in [1.165, 1.54) is 25.3 Å². The van der Waals surface area contributed by atoms with E-state index in [1.54, 1.807) is 0 Å². The molecule has 3 rings (SSSR count). The number of anilines is 1. The van der Waals surface area contributed by atoms with Gasteiger partial charge in [-0.2, -0.15) is 0 Å². The molecule has 30 heavy (non-hydrogen) atoms. The second kappa shape index (κ2) is 8.85. The maximum absolute atomic E-state index is 12.6. The summed E-state index contributed by atoms with van der Waals surface area (Å²) < 4.78 is 37.9. The van der Waals surface area contributed by atoms with Crippen molar-refractivity contribution in [2.45, 2.75) is 37.6 Å². The standard InChI is InChI=1S/C21H24N2O6S/c1-13-5-4-6-14(2)20(13)22-19(24)12-29-21(25)15-7-10-17(28-3)18(11-15)30(26,27)23-16-8-9-16/h4-7,10-11,16,23H,8-9,12H2,1-3H3,(H,22,24).